The molecule has 0 bridgehead atoms. The van der Waals surface area contributed by atoms with Gasteiger partial charge in [-0.3, -0.25) is 14.9 Å². The van der Waals surface area contributed by atoms with Gasteiger partial charge in [0.2, 0.25) is 0 Å². The standard InChI is InChI=1S/C41H53NO5SSi/c1-27(2)37(26-48-39-21-15-14-20-38(39)42(45)46)35-23-28(3)22-34-33(29(4)40(43)44)24-30(25-36(34)35)47-49(41(5,6)7,31-16-10-8-11-17-31)32-18-12-9-13-19-32/h8-22,27,29-30,33-37H,23-26H2,1-7H3,(H,43,44)/t29-,30+,33-,34+,35+,36-,37+/m0/s1. The van der Waals surface area contributed by atoms with Gasteiger partial charge in [0.25, 0.3) is 14.0 Å². The molecule has 0 saturated heterocycles. The molecule has 49 heavy (non-hydrogen) atoms. The normalized spacial score (nSPS) is 24.1. The van der Waals surface area contributed by atoms with Crippen molar-refractivity contribution < 1.29 is 19.3 Å². The van der Waals surface area contributed by atoms with Gasteiger partial charge in [0.15, 0.2) is 0 Å². The van der Waals surface area contributed by atoms with Gasteiger partial charge in [-0.2, -0.15) is 0 Å². The number of hydrogen-bond acceptors (Lipinski definition) is 5. The molecular formula is C41H53NO5SSi. The van der Waals surface area contributed by atoms with Crippen LogP contribution in [0.4, 0.5) is 5.69 Å². The summed E-state index contributed by atoms with van der Waals surface area (Å²) in [5.74, 6) is 0.756. The number of benzene rings is 3. The second-order valence-corrected chi connectivity index (χ2v) is 21.0. The number of aliphatic carboxylic acids is 1. The zero-order valence-electron chi connectivity index (χ0n) is 30.0. The number of para-hydroxylation sites is 1. The molecule has 5 rings (SSSR count). The lowest BCUT2D eigenvalue weighted by Crippen LogP contribution is -2.68. The summed E-state index contributed by atoms with van der Waals surface area (Å²) >= 11 is 1.59. The highest BCUT2D eigenvalue weighted by molar-refractivity contribution is 7.99. The van der Waals surface area contributed by atoms with Gasteiger partial charge in [-0.1, -0.05) is 126 Å². The van der Waals surface area contributed by atoms with E-state index in [1.54, 1.807) is 23.9 Å². The van der Waals surface area contributed by atoms with Crippen LogP contribution in [-0.2, 0) is 9.22 Å². The first-order valence-corrected chi connectivity index (χ1v) is 20.7. The first-order chi connectivity index (χ1) is 23.2. The molecule has 0 spiro atoms. The van der Waals surface area contributed by atoms with Crippen molar-refractivity contribution in [3.63, 3.8) is 0 Å². The first kappa shape index (κ1) is 37.1. The number of nitro groups is 1. The third-order valence-corrected chi connectivity index (χ3v) is 17.6. The highest BCUT2D eigenvalue weighted by Gasteiger charge is 2.54. The van der Waals surface area contributed by atoms with Crippen LogP contribution in [0.25, 0.3) is 0 Å². The van der Waals surface area contributed by atoms with Crippen molar-refractivity contribution in [2.75, 3.05) is 5.75 Å². The molecule has 262 valence electrons. The molecule has 0 aliphatic heterocycles. The Kier molecular flexibility index (Phi) is 11.6. The van der Waals surface area contributed by atoms with Gasteiger partial charge in [0.1, 0.15) is 0 Å². The first-order valence-electron chi connectivity index (χ1n) is 17.8. The van der Waals surface area contributed by atoms with E-state index in [4.69, 9.17) is 4.43 Å². The van der Waals surface area contributed by atoms with Crippen LogP contribution in [0.15, 0.2) is 101 Å². The molecule has 0 heterocycles. The number of thioether (sulfide) groups is 1. The zero-order chi connectivity index (χ0) is 35.5. The Morgan fingerprint density at radius 2 is 1.51 bits per heavy atom. The topological polar surface area (TPSA) is 89.7 Å². The number of allylic oxidation sites excluding steroid dienone is 2. The van der Waals surface area contributed by atoms with Crippen LogP contribution >= 0.6 is 11.8 Å². The van der Waals surface area contributed by atoms with Crippen LogP contribution in [-0.4, -0.2) is 36.2 Å². The second kappa shape index (κ2) is 15.4. The Labute approximate surface area is 298 Å². The molecule has 3 aromatic rings. The van der Waals surface area contributed by atoms with E-state index in [1.165, 1.54) is 15.9 Å². The van der Waals surface area contributed by atoms with E-state index in [0.717, 1.165) is 18.6 Å². The van der Waals surface area contributed by atoms with Crippen molar-refractivity contribution in [3.05, 3.63) is 107 Å². The number of hydrogen-bond donors (Lipinski definition) is 1. The Hall–Kier alpha value is -3.20. The number of carboxylic acid groups (broad SMARTS) is 1. The molecule has 2 aliphatic carbocycles. The molecule has 0 radical (unpaired) electrons. The van der Waals surface area contributed by atoms with Gasteiger partial charge in [-0.25, -0.2) is 0 Å². The minimum atomic E-state index is -2.88. The van der Waals surface area contributed by atoms with Crippen LogP contribution in [0.2, 0.25) is 5.04 Å². The number of nitrogens with zero attached hydrogens (tertiary/aromatic N) is 1. The van der Waals surface area contributed by atoms with Crippen LogP contribution in [0, 0.1) is 51.5 Å². The largest absolute Gasteiger partial charge is 0.481 e. The molecule has 6 nitrogen and oxygen atoms in total. The molecule has 0 amide bonds. The third kappa shape index (κ3) is 7.76. The summed E-state index contributed by atoms with van der Waals surface area (Å²) in [5, 5.41) is 24.5. The van der Waals surface area contributed by atoms with Gasteiger partial charge in [0, 0.05) is 17.9 Å². The van der Waals surface area contributed by atoms with E-state index < -0.39 is 20.2 Å². The van der Waals surface area contributed by atoms with Gasteiger partial charge in [0.05, 0.1) is 15.7 Å². The summed E-state index contributed by atoms with van der Waals surface area (Å²) in [6.45, 7) is 15.5. The lowest BCUT2D eigenvalue weighted by Gasteiger charge is -2.53. The van der Waals surface area contributed by atoms with Crippen molar-refractivity contribution in [2.45, 2.75) is 83.8 Å². The average Bonchev–Trinajstić information content (AvgIpc) is 3.07. The predicted molar refractivity (Wildman–Crippen MR) is 203 cm³/mol. The van der Waals surface area contributed by atoms with Crippen molar-refractivity contribution in [3.8, 4) is 0 Å². The summed E-state index contributed by atoms with van der Waals surface area (Å²) in [6, 6.07) is 28.4. The molecule has 8 heteroatoms. The van der Waals surface area contributed by atoms with E-state index in [2.05, 4.69) is 108 Å². The molecule has 1 fully saturated rings. The van der Waals surface area contributed by atoms with E-state index >= 15 is 0 Å². The summed E-state index contributed by atoms with van der Waals surface area (Å²) in [7, 11) is -2.88. The fourth-order valence-corrected chi connectivity index (χ4v) is 15.1. The van der Waals surface area contributed by atoms with Crippen molar-refractivity contribution >= 4 is 42.1 Å². The number of fused-ring (bicyclic) bond motifs is 1. The Bertz CT molecular complexity index is 1580. The number of carboxylic acids is 1. The predicted octanol–water partition coefficient (Wildman–Crippen LogP) is 9.23. The highest BCUT2D eigenvalue weighted by Crippen LogP contribution is 2.53. The van der Waals surface area contributed by atoms with E-state index in [-0.39, 0.29) is 45.4 Å². The fourth-order valence-electron chi connectivity index (χ4n) is 8.92. The molecule has 0 aromatic heterocycles. The lowest BCUT2D eigenvalue weighted by atomic mass is 9.56. The maximum absolute atomic E-state index is 12.7. The monoisotopic (exact) mass is 699 g/mol. The average molecular weight is 700 g/mol. The van der Waals surface area contributed by atoms with E-state index in [0.29, 0.717) is 23.2 Å². The minimum absolute atomic E-state index is 0.0621. The molecule has 1 N–H and O–H groups in total. The molecule has 0 unspecified atom stereocenters. The number of rotatable bonds is 12. The van der Waals surface area contributed by atoms with Gasteiger partial charge in [-0.05, 0) is 83.2 Å². The summed E-state index contributed by atoms with van der Waals surface area (Å²) in [6.07, 6.45) is 4.79. The Balaban J connectivity index is 1.57. The van der Waals surface area contributed by atoms with Gasteiger partial charge in [-0.15, -0.1) is 11.8 Å². The fraction of sp³-hybridized carbons (Fsp3) is 0.488. The van der Waals surface area contributed by atoms with Crippen LogP contribution in [0.3, 0.4) is 0 Å². The second-order valence-electron chi connectivity index (χ2n) is 15.7. The molecule has 7 atom stereocenters. The summed E-state index contributed by atoms with van der Waals surface area (Å²) < 4.78 is 7.76. The summed E-state index contributed by atoms with van der Waals surface area (Å²) in [5.41, 5.74) is 1.47. The molecule has 1 saturated carbocycles. The maximum Gasteiger partial charge on any atom is 0.306 e. The van der Waals surface area contributed by atoms with Gasteiger partial charge >= 0.3 is 5.97 Å². The number of carbonyl (C=O) groups is 1. The minimum Gasteiger partial charge on any atom is -0.481 e. The molecule has 2 aliphatic rings. The van der Waals surface area contributed by atoms with Crippen LogP contribution in [0.1, 0.15) is 67.7 Å². The summed E-state index contributed by atoms with van der Waals surface area (Å²) in [4.78, 5) is 25.0. The van der Waals surface area contributed by atoms with Gasteiger partial charge < -0.3 is 9.53 Å². The van der Waals surface area contributed by atoms with Crippen molar-refractivity contribution in [2.24, 2.45) is 41.4 Å². The molecular weight excluding hydrogens is 647 g/mol. The Morgan fingerprint density at radius 1 is 0.939 bits per heavy atom. The van der Waals surface area contributed by atoms with Crippen LogP contribution < -0.4 is 10.4 Å². The van der Waals surface area contributed by atoms with Crippen molar-refractivity contribution in [1.82, 2.24) is 0 Å². The SMILES string of the molecule is CC1=C[C@@H]2[C@H]([C@H](C)C(=O)O)C[C@@H](O[Si](c3ccccc3)(c3ccccc3)C(C)(C)C)C[C@@H]2[C@H]([C@H](CSc2ccccc2[N+](=O)[O-])C(C)C)C1. The third-order valence-electron chi connectivity index (χ3n) is 11.3. The highest BCUT2D eigenvalue weighted by atomic mass is 32.2. The quantitative estimate of drug-likeness (QED) is 0.0667. The zero-order valence-corrected chi connectivity index (χ0v) is 31.9. The Morgan fingerprint density at radius 3 is 2.04 bits per heavy atom. The maximum atomic E-state index is 12.7. The molecule has 3 aromatic carbocycles. The smallest absolute Gasteiger partial charge is 0.306 e. The van der Waals surface area contributed by atoms with E-state index in [9.17, 15) is 20.0 Å². The van der Waals surface area contributed by atoms with Crippen LogP contribution in [0.5, 0.6) is 0 Å². The van der Waals surface area contributed by atoms with Crippen molar-refractivity contribution in [1.29, 1.82) is 0 Å². The number of nitro benzene ring substituents is 1. The lowest BCUT2D eigenvalue weighted by molar-refractivity contribution is -0.387. The van der Waals surface area contributed by atoms with E-state index in [1.807, 2.05) is 19.1 Å².